The van der Waals surface area contributed by atoms with Gasteiger partial charge in [0.2, 0.25) is 0 Å². The quantitative estimate of drug-likeness (QED) is 0.740. The van der Waals surface area contributed by atoms with Crippen molar-refractivity contribution >= 4 is 5.97 Å². The van der Waals surface area contributed by atoms with Crippen LogP contribution in [-0.2, 0) is 4.79 Å². The van der Waals surface area contributed by atoms with E-state index in [1.165, 1.54) is 0 Å². The minimum Gasteiger partial charge on any atom is -0.480 e. The molecule has 1 rings (SSSR count). The lowest BCUT2D eigenvalue weighted by molar-refractivity contribution is -0.139. The van der Waals surface area contributed by atoms with E-state index in [-0.39, 0.29) is 13.0 Å². The first-order chi connectivity index (χ1) is 7.44. The summed E-state index contributed by atoms with van der Waals surface area (Å²) in [5.41, 5.74) is 0. The molecule has 0 aromatic carbocycles. The molecule has 0 aliphatic carbocycles. The predicted octanol–water partition coefficient (Wildman–Crippen LogP) is 0.780. The number of likely N-dealkylation sites (N-methyl/N-ethyl adjacent to an activating group) is 1. The Morgan fingerprint density at radius 1 is 1.62 bits per heavy atom. The van der Waals surface area contributed by atoms with Gasteiger partial charge in [0.15, 0.2) is 0 Å². The SMILES string of the molecule is CNC(CCN1CCCC(F)(F)C1)C(=O)O. The minimum absolute atomic E-state index is 0.0577. The van der Waals surface area contributed by atoms with Crippen molar-refractivity contribution in [3.63, 3.8) is 0 Å². The number of alkyl halides is 2. The molecule has 0 amide bonds. The van der Waals surface area contributed by atoms with Crippen LogP contribution >= 0.6 is 0 Å². The smallest absolute Gasteiger partial charge is 0.320 e. The van der Waals surface area contributed by atoms with Crippen molar-refractivity contribution in [3.05, 3.63) is 0 Å². The van der Waals surface area contributed by atoms with E-state index in [9.17, 15) is 13.6 Å². The Morgan fingerprint density at radius 2 is 2.31 bits per heavy atom. The van der Waals surface area contributed by atoms with Crippen molar-refractivity contribution in [1.82, 2.24) is 10.2 Å². The van der Waals surface area contributed by atoms with E-state index in [0.717, 1.165) is 0 Å². The molecule has 1 unspecified atom stereocenters. The second kappa shape index (κ2) is 5.54. The van der Waals surface area contributed by atoms with Crippen LogP contribution in [0.5, 0.6) is 0 Å². The molecule has 1 fully saturated rings. The van der Waals surface area contributed by atoms with Gasteiger partial charge in [0.1, 0.15) is 6.04 Å². The third-order valence-electron chi connectivity index (χ3n) is 2.85. The molecular formula is C10H18F2N2O2. The minimum atomic E-state index is -2.61. The van der Waals surface area contributed by atoms with Gasteiger partial charge in [-0.15, -0.1) is 0 Å². The van der Waals surface area contributed by atoms with Crippen molar-refractivity contribution in [2.24, 2.45) is 0 Å². The van der Waals surface area contributed by atoms with Gasteiger partial charge < -0.3 is 10.4 Å². The van der Waals surface area contributed by atoms with E-state index in [2.05, 4.69) is 5.32 Å². The molecule has 94 valence electrons. The Kier molecular flexibility index (Phi) is 4.61. The van der Waals surface area contributed by atoms with Crippen molar-refractivity contribution in [1.29, 1.82) is 0 Å². The summed E-state index contributed by atoms with van der Waals surface area (Å²) in [6.07, 6.45) is 0.768. The Bertz CT molecular complexity index is 249. The number of hydrogen-bond donors (Lipinski definition) is 2. The molecule has 1 saturated heterocycles. The lowest BCUT2D eigenvalue weighted by Gasteiger charge is -2.32. The van der Waals surface area contributed by atoms with Crippen LogP contribution in [0, 0.1) is 0 Å². The molecular weight excluding hydrogens is 218 g/mol. The molecule has 0 bridgehead atoms. The number of rotatable bonds is 5. The molecule has 0 spiro atoms. The topological polar surface area (TPSA) is 52.6 Å². The maximum Gasteiger partial charge on any atom is 0.320 e. The van der Waals surface area contributed by atoms with Gasteiger partial charge in [0, 0.05) is 13.0 Å². The summed E-state index contributed by atoms with van der Waals surface area (Å²) in [5.74, 6) is -3.55. The molecule has 0 radical (unpaired) electrons. The first-order valence-electron chi connectivity index (χ1n) is 5.45. The summed E-state index contributed by atoms with van der Waals surface area (Å²) in [6, 6.07) is -0.657. The van der Waals surface area contributed by atoms with Crippen LogP contribution in [0.15, 0.2) is 0 Å². The predicted molar refractivity (Wildman–Crippen MR) is 55.7 cm³/mol. The number of carboxylic acid groups (broad SMARTS) is 1. The van der Waals surface area contributed by atoms with E-state index < -0.39 is 17.9 Å². The van der Waals surface area contributed by atoms with Crippen LogP contribution in [0.1, 0.15) is 19.3 Å². The van der Waals surface area contributed by atoms with Crippen LogP contribution in [-0.4, -0.2) is 54.6 Å². The molecule has 1 aliphatic rings. The zero-order chi connectivity index (χ0) is 12.2. The van der Waals surface area contributed by atoms with E-state index >= 15 is 0 Å². The molecule has 1 heterocycles. The zero-order valence-electron chi connectivity index (χ0n) is 9.38. The van der Waals surface area contributed by atoms with Gasteiger partial charge in [0.25, 0.3) is 5.92 Å². The fourth-order valence-corrected chi connectivity index (χ4v) is 1.94. The van der Waals surface area contributed by atoms with Crippen LogP contribution in [0.3, 0.4) is 0 Å². The number of hydrogen-bond acceptors (Lipinski definition) is 3. The van der Waals surface area contributed by atoms with Crippen LogP contribution in [0.2, 0.25) is 0 Å². The number of carboxylic acids is 1. The van der Waals surface area contributed by atoms with Crippen molar-refractivity contribution in [2.75, 3.05) is 26.7 Å². The molecule has 2 N–H and O–H groups in total. The Labute approximate surface area is 93.6 Å². The van der Waals surface area contributed by atoms with Gasteiger partial charge >= 0.3 is 5.97 Å². The van der Waals surface area contributed by atoms with Crippen LogP contribution in [0.25, 0.3) is 0 Å². The second-order valence-corrected chi connectivity index (χ2v) is 4.20. The summed E-state index contributed by atoms with van der Waals surface area (Å²) in [5, 5.41) is 11.4. The summed E-state index contributed by atoms with van der Waals surface area (Å²) in [7, 11) is 1.56. The van der Waals surface area contributed by atoms with Gasteiger partial charge in [0.05, 0.1) is 6.54 Å². The maximum atomic E-state index is 13.0. The molecule has 6 heteroatoms. The number of aliphatic carboxylic acids is 1. The molecule has 0 aromatic heterocycles. The normalized spacial score (nSPS) is 22.9. The largest absolute Gasteiger partial charge is 0.480 e. The number of nitrogens with zero attached hydrogens (tertiary/aromatic N) is 1. The van der Waals surface area contributed by atoms with Crippen LogP contribution in [0.4, 0.5) is 8.78 Å². The molecule has 16 heavy (non-hydrogen) atoms. The highest BCUT2D eigenvalue weighted by molar-refractivity contribution is 5.73. The molecule has 4 nitrogen and oxygen atoms in total. The fourth-order valence-electron chi connectivity index (χ4n) is 1.94. The molecule has 1 aliphatic heterocycles. The highest BCUT2D eigenvalue weighted by Gasteiger charge is 2.35. The highest BCUT2D eigenvalue weighted by Crippen LogP contribution is 2.26. The van der Waals surface area contributed by atoms with Gasteiger partial charge in [-0.3, -0.25) is 9.69 Å². The van der Waals surface area contributed by atoms with E-state index in [1.807, 2.05) is 0 Å². The summed E-state index contributed by atoms with van der Waals surface area (Å²) in [6.45, 7) is 0.780. The first kappa shape index (κ1) is 13.3. The maximum absolute atomic E-state index is 13.0. The van der Waals surface area contributed by atoms with E-state index in [1.54, 1.807) is 11.9 Å². The summed E-state index contributed by atoms with van der Waals surface area (Å²) >= 11 is 0. The Morgan fingerprint density at radius 3 is 2.81 bits per heavy atom. The number of piperidine rings is 1. The monoisotopic (exact) mass is 236 g/mol. The molecule has 1 atom stereocenters. The lowest BCUT2D eigenvalue weighted by Crippen LogP contribution is -2.45. The number of halogens is 2. The third kappa shape index (κ3) is 4.02. The first-order valence-corrected chi connectivity index (χ1v) is 5.45. The standard InChI is InChI=1S/C10H18F2N2O2/c1-13-8(9(15)16)3-6-14-5-2-4-10(11,12)7-14/h8,13H,2-7H2,1H3,(H,15,16). The molecule has 0 aromatic rings. The Hall–Kier alpha value is -0.750. The number of likely N-dealkylation sites (tertiary alicyclic amines) is 1. The van der Waals surface area contributed by atoms with E-state index in [0.29, 0.717) is 25.9 Å². The van der Waals surface area contributed by atoms with Gasteiger partial charge in [-0.05, 0) is 26.4 Å². The van der Waals surface area contributed by atoms with Gasteiger partial charge in [-0.2, -0.15) is 0 Å². The van der Waals surface area contributed by atoms with Crippen molar-refractivity contribution in [3.8, 4) is 0 Å². The molecule has 0 saturated carbocycles. The van der Waals surface area contributed by atoms with Crippen molar-refractivity contribution < 1.29 is 18.7 Å². The summed E-state index contributed by atoms with van der Waals surface area (Å²) in [4.78, 5) is 12.3. The highest BCUT2D eigenvalue weighted by atomic mass is 19.3. The number of carbonyl (C=O) groups is 1. The average Bonchev–Trinajstić information content (AvgIpc) is 2.16. The fraction of sp³-hybridized carbons (Fsp3) is 0.900. The number of nitrogens with one attached hydrogen (secondary N) is 1. The van der Waals surface area contributed by atoms with Crippen LogP contribution < -0.4 is 5.32 Å². The summed E-state index contributed by atoms with van der Waals surface area (Å²) < 4.78 is 26.1. The zero-order valence-corrected chi connectivity index (χ0v) is 9.38. The van der Waals surface area contributed by atoms with Crippen molar-refractivity contribution in [2.45, 2.75) is 31.2 Å². The van der Waals surface area contributed by atoms with Gasteiger partial charge in [-0.1, -0.05) is 0 Å². The second-order valence-electron chi connectivity index (χ2n) is 4.20. The Balaban J connectivity index is 2.34. The van der Waals surface area contributed by atoms with Gasteiger partial charge in [-0.25, -0.2) is 8.78 Å². The third-order valence-corrected chi connectivity index (χ3v) is 2.85. The van der Waals surface area contributed by atoms with E-state index in [4.69, 9.17) is 5.11 Å². The lowest BCUT2D eigenvalue weighted by atomic mass is 10.1. The average molecular weight is 236 g/mol.